The Bertz CT molecular complexity index is 179. The molecule has 0 spiro atoms. The molecule has 0 nitrogen and oxygen atoms in total. The average molecular weight is 395 g/mol. The Labute approximate surface area is 153 Å². The van der Waals surface area contributed by atoms with E-state index in [4.69, 9.17) is 0 Å². The van der Waals surface area contributed by atoms with E-state index in [0.717, 1.165) is 23.7 Å². The summed E-state index contributed by atoms with van der Waals surface area (Å²) in [6, 6.07) is 0. The topological polar surface area (TPSA) is 0 Å². The smallest absolute Gasteiger partial charge is 0.0470 e. The van der Waals surface area contributed by atoms with Gasteiger partial charge in [-0.15, -0.1) is 11.8 Å². The molecule has 2 unspecified atom stereocenters. The lowest BCUT2D eigenvalue weighted by Gasteiger charge is -2.12. The number of hydrogen-bond acceptors (Lipinski definition) is 7. The highest BCUT2D eigenvalue weighted by atomic mass is 32.2. The molecule has 0 aliphatic carbocycles. The highest BCUT2D eigenvalue weighted by molar-refractivity contribution is 8.11. The van der Waals surface area contributed by atoms with Crippen LogP contribution in [0.4, 0.5) is 0 Å². The van der Waals surface area contributed by atoms with Crippen molar-refractivity contribution in [1.82, 2.24) is 0 Å². The van der Waals surface area contributed by atoms with Crippen LogP contribution in [0.25, 0.3) is 0 Å². The zero-order valence-corrected chi connectivity index (χ0v) is 17.4. The van der Waals surface area contributed by atoms with Gasteiger partial charge in [-0.25, -0.2) is 0 Å². The van der Waals surface area contributed by atoms with E-state index in [0.29, 0.717) is 9.83 Å². The summed E-state index contributed by atoms with van der Waals surface area (Å²) in [7, 11) is 0. The van der Waals surface area contributed by atoms with Crippen molar-refractivity contribution >= 4 is 84.9 Å². The van der Waals surface area contributed by atoms with Crippen molar-refractivity contribution in [1.29, 1.82) is 0 Å². The second-order valence-electron chi connectivity index (χ2n) is 3.82. The van der Waals surface area contributed by atoms with Gasteiger partial charge in [0, 0.05) is 50.1 Å². The molecular formula is C12H26S7. The Morgan fingerprint density at radius 3 is 2.21 bits per heavy atom. The van der Waals surface area contributed by atoms with Crippen molar-refractivity contribution in [2.45, 2.75) is 23.2 Å². The molecule has 0 aromatic carbocycles. The zero-order valence-electron chi connectivity index (χ0n) is 11.5. The monoisotopic (exact) mass is 394 g/mol. The molecule has 0 fully saturated rings. The van der Waals surface area contributed by atoms with E-state index < -0.39 is 0 Å². The van der Waals surface area contributed by atoms with Crippen LogP contribution in [-0.2, 0) is 0 Å². The van der Waals surface area contributed by atoms with Crippen molar-refractivity contribution in [3.05, 3.63) is 0 Å². The quantitative estimate of drug-likeness (QED) is 0.219. The molecule has 0 bridgehead atoms. The van der Waals surface area contributed by atoms with Crippen LogP contribution in [0, 0.1) is 0 Å². The van der Waals surface area contributed by atoms with Gasteiger partial charge in [-0.3, -0.25) is 0 Å². The largest absolute Gasteiger partial charge is 0.179 e. The van der Waals surface area contributed by atoms with Crippen molar-refractivity contribution in [2.24, 2.45) is 0 Å². The lowest BCUT2D eigenvalue weighted by molar-refractivity contribution is 1.06. The minimum absolute atomic E-state index is 0.523. The van der Waals surface area contributed by atoms with Gasteiger partial charge in [0.05, 0.1) is 0 Å². The van der Waals surface area contributed by atoms with Crippen LogP contribution in [0.3, 0.4) is 0 Å². The fourth-order valence-corrected chi connectivity index (χ4v) is 6.70. The molecule has 0 heterocycles. The molecule has 0 radical (unpaired) electrons. The minimum atomic E-state index is 0.523. The molecule has 0 aromatic rings. The molecule has 0 saturated carbocycles. The summed E-state index contributed by atoms with van der Waals surface area (Å²) >= 11 is 21.3. The van der Waals surface area contributed by atoms with Crippen molar-refractivity contribution in [3.8, 4) is 0 Å². The maximum absolute atomic E-state index is 4.48. The Morgan fingerprint density at radius 1 is 0.895 bits per heavy atom. The second kappa shape index (κ2) is 16.8. The van der Waals surface area contributed by atoms with Crippen molar-refractivity contribution in [2.75, 3.05) is 46.0 Å². The van der Waals surface area contributed by atoms with E-state index >= 15 is 0 Å². The van der Waals surface area contributed by atoms with E-state index in [1.54, 1.807) is 0 Å². The summed E-state index contributed by atoms with van der Waals surface area (Å²) in [6.07, 6.45) is 1.16. The molecule has 7 heteroatoms. The minimum Gasteiger partial charge on any atom is -0.179 e. The predicted octanol–water partition coefficient (Wildman–Crippen LogP) is 4.81. The number of thiol groups is 3. The van der Waals surface area contributed by atoms with E-state index in [1.807, 2.05) is 23.5 Å². The Hall–Kier alpha value is 2.45. The maximum atomic E-state index is 4.48. The normalized spacial score (nSPS) is 14.5. The fourth-order valence-electron chi connectivity index (χ4n) is 1.17. The standard InChI is InChI=1S/C12H26S7/c1-2-12(15)19-8-7-16-5-6-17-10-11(9-14)18-4-3-13/h11-15H,2-10H2,1H3. The molecule has 2 atom stereocenters. The number of hydrogen-bond donors (Lipinski definition) is 3. The molecule has 0 saturated heterocycles. The summed E-state index contributed by atoms with van der Waals surface area (Å²) in [6.45, 7) is 2.19. The first kappa shape index (κ1) is 21.4. The van der Waals surface area contributed by atoms with Crippen LogP contribution >= 0.6 is 84.9 Å². The highest BCUT2D eigenvalue weighted by Crippen LogP contribution is 2.21. The first-order valence-electron chi connectivity index (χ1n) is 6.53. The van der Waals surface area contributed by atoms with Gasteiger partial charge in [-0.1, -0.05) is 6.92 Å². The third-order valence-corrected chi connectivity index (χ3v) is 9.48. The molecule has 0 aliphatic heterocycles. The number of rotatable bonds is 14. The van der Waals surface area contributed by atoms with Gasteiger partial charge >= 0.3 is 0 Å². The molecule has 116 valence electrons. The van der Waals surface area contributed by atoms with E-state index in [-0.39, 0.29) is 0 Å². The van der Waals surface area contributed by atoms with Crippen molar-refractivity contribution in [3.63, 3.8) is 0 Å². The SMILES string of the molecule is CCC(S)SCCSCCSCC(CS)SCCS. The highest BCUT2D eigenvalue weighted by Gasteiger charge is 2.06. The number of thioether (sulfide) groups is 4. The molecule has 0 rings (SSSR count). The molecular weight excluding hydrogens is 369 g/mol. The van der Waals surface area contributed by atoms with Gasteiger partial charge < -0.3 is 0 Å². The van der Waals surface area contributed by atoms with Gasteiger partial charge in [0.1, 0.15) is 0 Å². The van der Waals surface area contributed by atoms with Gasteiger partial charge in [0.2, 0.25) is 0 Å². The van der Waals surface area contributed by atoms with E-state index in [1.165, 1.54) is 28.8 Å². The average Bonchev–Trinajstić information content (AvgIpc) is 2.44. The van der Waals surface area contributed by atoms with Crippen LogP contribution in [0.15, 0.2) is 0 Å². The van der Waals surface area contributed by atoms with Crippen LogP contribution < -0.4 is 0 Å². The molecule has 0 N–H and O–H groups in total. The molecule has 0 aliphatic rings. The van der Waals surface area contributed by atoms with Crippen LogP contribution in [-0.4, -0.2) is 55.9 Å². The third kappa shape index (κ3) is 15.1. The molecule has 0 aromatic heterocycles. The van der Waals surface area contributed by atoms with Gasteiger partial charge in [0.25, 0.3) is 0 Å². The summed E-state index contributed by atoms with van der Waals surface area (Å²) < 4.78 is 0.523. The molecule has 0 amide bonds. The lowest BCUT2D eigenvalue weighted by Crippen LogP contribution is -2.10. The fraction of sp³-hybridized carbons (Fsp3) is 1.00. The van der Waals surface area contributed by atoms with Gasteiger partial charge in [0.15, 0.2) is 0 Å². The first-order valence-corrected chi connectivity index (χ1v) is 12.7. The second-order valence-corrected chi connectivity index (χ2v) is 10.7. The predicted molar refractivity (Wildman–Crippen MR) is 114 cm³/mol. The summed E-state index contributed by atoms with van der Waals surface area (Å²) in [4.78, 5) is 0. The van der Waals surface area contributed by atoms with Gasteiger partial charge in [-0.2, -0.15) is 73.2 Å². The maximum Gasteiger partial charge on any atom is 0.0470 e. The van der Waals surface area contributed by atoms with Gasteiger partial charge in [-0.05, 0) is 12.2 Å². The van der Waals surface area contributed by atoms with Crippen molar-refractivity contribution < 1.29 is 0 Å². The van der Waals surface area contributed by atoms with Crippen LogP contribution in [0.2, 0.25) is 0 Å². The summed E-state index contributed by atoms with van der Waals surface area (Å²) in [5, 5.41) is 0.690. The Kier molecular flexibility index (Phi) is 19.0. The third-order valence-electron chi connectivity index (χ3n) is 2.21. The summed E-state index contributed by atoms with van der Waals surface area (Å²) in [5.41, 5.74) is 0. The Morgan fingerprint density at radius 2 is 1.58 bits per heavy atom. The lowest BCUT2D eigenvalue weighted by atomic mass is 10.5. The molecule has 19 heavy (non-hydrogen) atoms. The van der Waals surface area contributed by atoms with Crippen LogP contribution in [0.1, 0.15) is 13.3 Å². The zero-order chi connectivity index (χ0) is 14.3. The van der Waals surface area contributed by atoms with E-state index in [9.17, 15) is 0 Å². The Balaban J connectivity index is 3.25. The summed E-state index contributed by atoms with van der Waals surface area (Å²) in [5.74, 6) is 9.34. The first-order chi connectivity index (χ1) is 9.24. The van der Waals surface area contributed by atoms with Crippen LogP contribution in [0.5, 0.6) is 0 Å². The van der Waals surface area contributed by atoms with E-state index in [2.05, 4.69) is 68.3 Å².